The van der Waals surface area contributed by atoms with E-state index in [0.717, 1.165) is 18.3 Å². The van der Waals surface area contributed by atoms with E-state index in [1.54, 1.807) is 6.07 Å². The topological polar surface area (TPSA) is 132 Å². The zero-order chi connectivity index (χ0) is 24.7. The molecule has 0 atom stereocenters. The summed E-state index contributed by atoms with van der Waals surface area (Å²) in [4.78, 5) is 10.0. The number of hydrazone groups is 1. The van der Waals surface area contributed by atoms with Crippen molar-refractivity contribution in [1.29, 1.82) is 0 Å². The van der Waals surface area contributed by atoms with Crippen LogP contribution in [0, 0.1) is 10.1 Å². The zero-order valence-corrected chi connectivity index (χ0v) is 18.3. The molecule has 0 heterocycles. The Kier molecular flexibility index (Phi) is 7.58. The van der Waals surface area contributed by atoms with E-state index in [-0.39, 0.29) is 22.7 Å². The lowest BCUT2D eigenvalue weighted by atomic mass is 10.2. The molecule has 0 radical (unpaired) electrons. The number of alkyl halides is 2. The third kappa shape index (κ3) is 6.16. The molecule has 0 aliphatic rings. The van der Waals surface area contributed by atoms with Crippen LogP contribution in [-0.4, -0.2) is 33.3 Å². The largest absolute Gasteiger partial charge is 0.497 e. The maximum Gasteiger partial charge on any atom is 0.387 e. The maximum absolute atomic E-state index is 13.0. The number of anilines is 2. The summed E-state index contributed by atoms with van der Waals surface area (Å²) >= 11 is 0. The second-order valence-electron chi connectivity index (χ2n) is 6.56. The van der Waals surface area contributed by atoms with Gasteiger partial charge in [-0.15, -0.1) is 0 Å². The van der Waals surface area contributed by atoms with Gasteiger partial charge >= 0.3 is 6.61 Å². The lowest BCUT2D eigenvalue weighted by Gasteiger charge is -2.12. The highest BCUT2D eigenvalue weighted by Gasteiger charge is 2.23. The van der Waals surface area contributed by atoms with Crippen molar-refractivity contribution >= 4 is 33.3 Å². The minimum atomic E-state index is -4.29. The monoisotopic (exact) mass is 492 g/mol. The fraction of sp³-hybridized carbons (Fsp3) is 0.0952. The number of sulfonamides is 1. The van der Waals surface area contributed by atoms with Crippen LogP contribution in [0.1, 0.15) is 5.56 Å². The molecule has 0 fully saturated rings. The van der Waals surface area contributed by atoms with Crippen LogP contribution in [-0.2, 0) is 10.0 Å². The van der Waals surface area contributed by atoms with Crippen LogP contribution in [0.15, 0.2) is 76.7 Å². The lowest BCUT2D eigenvalue weighted by Crippen LogP contribution is -2.15. The molecule has 0 aliphatic heterocycles. The van der Waals surface area contributed by atoms with Gasteiger partial charge in [-0.2, -0.15) is 13.9 Å². The van der Waals surface area contributed by atoms with Gasteiger partial charge in [-0.05, 0) is 42.5 Å². The Morgan fingerprint density at radius 2 is 1.79 bits per heavy atom. The number of halogens is 2. The van der Waals surface area contributed by atoms with E-state index in [0.29, 0.717) is 5.75 Å². The Balaban J connectivity index is 1.91. The summed E-state index contributed by atoms with van der Waals surface area (Å²) in [6.07, 6.45) is 1.15. The summed E-state index contributed by atoms with van der Waals surface area (Å²) in [5, 5.41) is 15.1. The van der Waals surface area contributed by atoms with Gasteiger partial charge in [0.15, 0.2) is 0 Å². The zero-order valence-electron chi connectivity index (χ0n) is 17.5. The smallest absolute Gasteiger partial charge is 0.387 e. The number of nitro groups is 1. The third-order valence-corrected chi connectivity index (χ3v) is 5.75. The minimum absolute atomic E-state index is 0.0879. The Hall–Kier alpha value is -4.26. The first-order valence-corrected chi connectivity index (χ1v) is 11.0. The number of non-ortho nitro benzene ring substituents is 1. The van der Waals surface area contributed by atoms with Gasteiger partial charge in [-0.1, -0.05) is 12.1 Å². The van der Waals surface area contributed by atoms with E-state index in [9.17, 15) is 27.3 Å². The van der Waals surface area contributed by atoms with Crippen LogP contribution in [0.25, 0.3) is 0 Å². The number of para-hydroxylation sites is 1. The first-order chi connectivity index (χ1) is 16.2. The average Bonchev–Trinajstić information content (AvgIpc) is 2.80. The minimum Gasteiger partial charge on any atom is -0.497 e. The molecule has 0 saturated carbocycles. The summed E-state index contributed by atoms with van der Waals surface area (Å²) < 4.78 is 62.9. The second kappa shape index (κ2) is 10.6. The highest BCUT2D eigenvalue weighted by Crippen LogP contribution is 2.29. The van der Waals surface area contributed by atoms with Crippen molar-refractivity contribution in [2.24, 2.45) is 5.10 Å². The van der Waals surface area contributed by atoms with Crippen molar-refractivity contribution in [2.45, 2.75) is 11.5 Å². The highest BCUT2D eigenvalue weighted by molar-refractivity contribution is 7.92. The maximum atomic E-state index is 13.0. The molecule has 2 N–H and O–H groups in total. The Morgan fingerprint density at radius 1 is 1.09 bits per heavy atom. The molecular weight excluding hydrogens is 474 g/mol. The molecule has 13 heteroatoms. The molecular formula is C21H18F2N4O6S. The van der Waals surface area contributed by atoms with Gasteiger partial charge < -0.3 is 9.47 Å². The third-order valence-electron chi connectivity index (χ3n) is 4.33. The van der Waals surface area contributed by atoms with Gasteiger partial charge in [0.25, 0.3) is 15.7 Å². The Labute approximate surface area is 193 Å². The predicted octanol–water partition coefficient (Wildman–Crippen LogP) is 4.45. The van der Waals surface area contributed by atoms with Crippen molar-refractivity contribution in [1.82, 2.24) is 0 Å². The van der Waals surface area contributed by atoms with Crippen LogP contribution >= 0.6 is 0 Å². The number of hydrogen-bond donors (Lipinski definition) is 2. The summed E-state index contributed by atoms with van der Waals surface area (Å²) in [5.74, 6) is 0.367. The second-order valence-corrected chi connectivity index (χ2v) is 8.21. The van der Waals surface area contributed by atoms with Gasteiger partial charge in [-0.3, -0.25) is 20.3 Å². The predicted molar refractivity (Wildman–Crippen MR) is 121 cm³/mol. The number of nitrogens with zero attached hydrogens (tertiary/aromatic N) is 2. The molecule has 34 heavy (non-hydrogen) atoms. The number of benzene rings is 3. The van der Waals surface area contributed by atoms with Gasteiger partial charge in [0, 0.05) is 23.4 Å². The molecule has 0 amide bonds. The molecule has 0 aromatic heterocycles. The summed E-state index contributed by atoms with van der Waals surface area (Å²) in [5.41, 5.74) is 2.32. The van der Waals surface area contributed by atoms with Gasteiger partial charge in [-0.25, -0.2) is 8.42 Å². The number of hydrogen-bond acceptors (Lipinski definition) is 8. The highest BCUT2D eigenvalue weighted by atomic mass is 32.2. The number of nitro benzene ring substituents is 1. The SMILES string of the molecule is COc1ccc(NS(=O)(=O)c2cc([N+](=O)[O-])ccc2NN=Cc2ccccc2OC(F)F)cc1. The van der Waals surface area contributed by atoms with E-state index >= 15 is 0 Å². The molecule has 0 aliphatic carbocycles. The van der Waals surface area contributed by atoms with E-state index in [1.165, 1.54) is 55.6 Å². The average molecular weight is 492 g/mol. The van der Waals surface area contributed by atoms with Gasteiger partial charge in [0.1, 0.15) is 16.4 Å². The molecule has 0 bridgehead atoms. The Bertz CT molecular complexity index is 1300. The first-order valence-electron chi connectivity index (χ1n) is 9.48. The molecule has 3 aromatic rings. The summed E-state index contributed by atoms with van der Waals surface area (Å²) in [7, 11) is -2.84. The fourth-order valence-corrected chi connectivity index (χ4v) is 4.01. The van der Waals surface area contributed by atoms with Crippen LogP contribution < -0.4 is 19.6 Å². The number of methoxy groups -OCH3 is 1. The fourth-order valence-electron chi connectivity index (χ4n) is 2.77. The molecule has 0 saturated heterocycles. The normalized spacial score (nSPS) is 11.4. The molecule has 10 nitrogen and oxygen atoms in total. The van der Waals surface area contributed by atoms with E-state index in [1.807, 2.05) is 0 Å². The standard InChI is InChI=1S/C21H18F2N4O6S/c1-32-17-9-6-15(7-10-17)26-34(30,31)20-12-16(27(28)29)8-11-18(20)25-24-13-14-4-2-3-5-19(14)33-21(22)23/h2-13,21,25-26H,1H3. The molecule has 3 rings (SSSR count). The quantitative estimate of drug-likeness (QED) is 0.243. The number of nitrogens with one attached hydrogen (secondary N) is 2. The van der Waals surface area contributed by atoms with E-state index in [2.05, 4.69) is 20.0 Å². The molecule has 3 aromatic carbocycles. The number of rotatable bonds is 10. The first kappa shape index (κ1) is 24.4. The lowest BCUT2D eigenvalue weighted by molar-refractivity contribution is -0.385. The van der Waals surface area contributed by atoms with Crippen molar-refractivity contribution in [3.63, 3.8) is 0 Å². The summed E-state index contributed by atoms with van der Waals surface area (Å²) in [6, 6.07) is 15.0. The van der Waals surface area contributed by atoms with Gasteiger partial charge in [0.2, 0.25) is 0 Å². The number of ether oxygens (including phenoxy) is 2. The van der Waals surface area contributed by atoms with Crippen LogP contribution in [0.5, 0.6) is 11.5 Å². The molecule has 178 valence electrons. The van der Waals surface area contributed by atoms with E-state index in [4.69, 9.17) is 4.74 Å². The van der Waals surface area contributed by atoms with Gasteiger partial charge in [0.05, 0.1) is 23.9 Å². The van der Waals surface area contributed by atoms with Crippen LogP contribution in [0.4, 0.5) is 25.8 Å². The summed E-state index contributed by atoms with van der Waals surface area (Å²) in [6.45, 7) is -3.04. The van der Waals surface area contributed by atoms with Crippen LogP contribution in [0.2, 0.25) is 0 Å². The molecule has 0 spiro atoms. The molecule has 0 unspecified atom stereocenters. The van der Waals surface area contributed by atoms with E-state index < -0.39 is 32.1 Å². The van der Waals surface area contributed by atoms with Crippen molar-refractivity contribution in [3.8, 4) is 11.5 Å². The van der Waals surface area contributed by atoms with Crippen molar-refractivity contribution < 1.29 is 31.6 Å². The Morgan fingerprint density at radius 3 is 2.44 bits per heavy atom. The van der Waals surface area contributed by atoms with Crippen molar-refractivity contribution in [3.05, 3.63) is 82.4 Å². The van der Waals surface area contributed by atoms with Crippen LogP contribution in [0.3, 0.4) is 0 Å². The van der Waals surface area contributed by atoms with Crippen molar-refractivity contribution in [2.75, 3.05) is 17.3 Å².